The van der Waals surface area contributed by atoms with Crippen LogP contribution < -0.4 is 10.4 Å². The number of fused-ring (bicyclic) bond motifs is 1. The average molecular weight is 384 g/mol. The van der Waals surface area contributed by atoms with E-state index in [4.69, 9.17) is 20.9 Å². The largest absolute Gasteiger partial charge is 0.494 e. The van der Waals surface area contributed by atoms with Crippen LogP contribution in [0.15, 0.2) is 42.5 Å². The number of aryl methyl sites for hydroxylation is 1. The molecule has 142 valence electrons. The summed E-state index contributed by atoms with van der Waals surface area (Å²) in [6.07, 6.45) is 2.27. The van der Waals surface area contributed by atoms with Crippen molar-refractivity contribution in [2.45, 2.75) is 58.3 Å². The van der Waals surface area contributed by atoms with Gasteiger partial charge in [0.1, 0.15) is 0 Å². The maximum absolute atomic E-state index is 6.16. The van der Waals surface area contributed by atoms with Crippen molar-refractivity contribution in [1.29, 1.82) is 0 Å². The van der Waals surface area contributed by atoms with Crippen molar-refractivity contribution in [2.75, 3.05) is 11.4 Å². The van der Waals surface area contributed by atoms with Gasteiger partial charge in [-0.1, -0.05) is 35.9 Å². The average Bonchev–Trinajstić information content (AvgIpc) is 2.83. The van der Waals surface area contributed by atoms with Gasteiger partial charge < -0.3 is 14.2 Å². The van der Waals surface area contributed by atoms with E-state index in [0.717, 1.165) is 30.0 Å². The summed E-state index contributed by atoms with van der Waals surface area (Å²) in [6, 6.07) is 14.9. The summed E-state index contributed by atoms with van der Waals surface area (Å²) < 4.78 is 12.3. The van der Waals surface area contributed by atoms with Gasteiger partial charge in [-0.2, -0.15) is 0 Å². The highest BCUT2D eigenvalue weighted by Gasteiger charge is 2.51. The van der Waals surface area contributed by atoms with E-state index in [0.29, 0.717) is 0 Å². The maximum atomic E-state index is 6.16. The van der Waals surface area contributed by atoms with Crippen molar-refractivity contribution in [2.24, 2.45) is 0 Å². The molecule has 0 N–H and O–H groups in total. The van der Waals surface area contributed by atoms with Crippen LogP contribution in [0.25, 0.3) is 0 Å². The summed E-state index contributed by atoms with van der Waals surface area (Å²) in [5, 5.41) is 0.822. The zero-order chi connectivity index (χ0) is 19.2. The summed E-state index contributed by atoms with van der Waals surface area (Å²) in [7, 11) is -0.304. The minimum atomic E-state index is -0.310. The first kappa shape index (κ1) is 18.9. The molecule has 0 amide bonds. The van der Waals surface area contributed by atoms with E-state index in [1.165, 1.54) is 23.2 Å². The number of rotatable bonds is 3. The Kier molecular flexibility index (Phi) is 4.78. The molecule has 27 heavy (non-hydrogen) atoms. The SMILES string of the molecule is CC1(C)OB(c2ccc(CN3CCCc4cc(Cl)ccc43)cc2)OC1(C)C. The molecule has 4 rings (SSSR count). The third-order valence-electron chi connectivity index (χ3n) is 6.13. The molecule has 1 saturated heterocycles. The lowest BCUT2D eigenvalue weighted by Crippen LogP contribution is -2.41. The Labute approximate surface area is 167 Å². The predicted octanol–water partition coefficient (Wildman–Crippen LogP) is 4.59. The molecule has 2 aliphatic rings. The van der Waals surface area contributed by atoms with E-state index in [1.807, 2.05) is 6.07 Å². The Balaban J connectivity index is 1.49. The van der Waals surface area contributed by atoms with Crippen molar-refractivity contribution < 1.29 is 9.31 Å². The highest BCUT2D eigenvalue weighted by molar-refractivity contribution is 6.62. The van der Waals surface area contributed by atoms with Gasteiger partial charge in [0, 0.05) is 23.8 Å². The first-order chi connectivity index (χ1) is 12.7. The first-order valence-corrected chi connectivity index (χ1v) is 10.1. The quantitative estimate of drug-likeness (QED) is 0.723. The summed E-state index contributed by atoms with van der Waals surface area (Å²) in [6.45, 7) is 10.3. The lowest BCUT2D eigenvalue weighted by Gasteiger charge is -2.32. The normalized spacial score (nSPS) is 20.6. The fourth-order valence-corrected chi connectivity index (χ4v) is 3.98. The molecule has 3 nitrogen and oxygen atoms in total. The topological polar surface area (TPSA) is 21.7 Å². The Morgan fingerprint density at radius 1 is 1.00 bits per heavy atom. The molecule has 0 radical (unpaired) electrons. The Morgan fingerprint density at radius 3 is 2.33 bits per heavy atom. The van der Waals surface area contributed by atoms with E-state index >= 15 is 0 Å². The lowest BCUT2D eigenvalue weighted by atomic mass is 9.79. The fraction of sp³-hybridized carbons (Fsp3) is 0.455. The van der Waals surface area contributed by atoms with Gasteiger partial charge >= 0.3 is 7.12 Å². The van der Waals surface area contributed by atoms with Gasteiger partial charge in [-0.05, 0) is 75.3 Å². The summed E-state index contributed by atoms with van der Waals surface area (Å²) in [5.41, 5.74) is 4.40. The molecule has 2 aliphatic heterocycles. The van der Waals surface area contributed by atoms with Gasteiger partial charge in [0.15, 0.2) is 0 Å². The minimum Gasteiger partial charge on any atom is -0.399 e. The monoisotopic (exact) mass is 383 g/mol. The van der Waals surface area contributed by atoms with Crippen molar-refractivity contribution in [3.8, 4) is 0 Å². The zero-order valence-corrected chi connectivity index (χ0v) is 17.3. The smallest absolute Gasteiger partial charge is 0.399 e. The van der Waals surface area contributed by atoms with Crippen LogP contribution in [0.3, 0.4) is 0 Å². The van der Waals surface area contributed by atoms with Gasteiger partial charge in [-0.25, -0.2) is 0 Å². The van der Waals surface area contributed by atoms with Crippen LogP contribution >= 0.6 is 11.6 Å². The molecule has 0 atom stereocenters. The maximum Gasteiger partial charge on any atom is 0.494 e. The fourth-order valence-electron chi connectivity index (χ4n) is 3.79. The molecule has 0 unspecified atom stereocenters. The summed E-state index contributed by atoms with van der Waals surface area (Å²) in [4.78, 5) is 2.44. The second kappa shape index (κ2) is 6.84. The molecule has 1 fully saturated rings. The Hall–Kier alpha value is -1.49. The molecular formula is C22H27BClNO2. The van der Waals surface area contributed by atoms with Crippen LogP contribution in [0, 0.1) is 0 Å². The van der Waals surface area contributed by atoms with Gasteiger partial charge in [0.25, 0.3) is 0 Å². The van der Waals surface area contributed by atoms with E-state index in [1.54, 1.807) is 0 Å². The van der Waals surface area contributed by atoms with Crippen LogP contribution in [-0.2, 0) is 22.3 Å². The molecule has 2 aromatic rings. The standard InChI is InChI=1S/C22H27BClNO2/c1-21(2)22(3,4)27-23(26-21)18-9-7-16(8-10-18)15-25-13-5-6-17-14-19(24)11-12-20(17)25/h7-12,14H,5-6,13,15H2,1-4H3. The van der Waals surface area contributed by atoms with Crippen LogP contribution in [0.5, 0.6) is 0 Å². The second-order valence-electron chi connectivity index (χ2n) is 8.63. The molecule has 0 aliphatic carbocycles. The van der Waals surface area contributed by atoms with Crippen molar-refractivity contribution in [3.63, 3.8) is 0 Å². The number of hydrogen-bond acceptors (Lipinski definition) is 3. The molecule has 0 saturated carbocycles. The predicted molar refractivity (Wildman–Crippen MR) is 113 cm³/mol. The van der Waals surface area contributed by atoms with Crippen LogP contribution in [0.1, 0.15) is 45.2 Å². The van der Waals surface area contributed by atoms with Gasteiger partial charge in [-0.15, -0.1) is 0 Å². The van der Waals surface area contributed by atoms with E-state index in [2.05, 4.69) is 69.0 Å². The summed E-state index contributed by atoms with van der Waals surface area (Å²) in [5.74, 6) is 0. The number of halogens is 1. The number of anilines is 1. The van der Waals surface area contributed by atoms with E-state index in [-0.39, 0.29) is 18.3 Å². The highest BCUT2D eigenvalue weighted by atomic mass is 35.5. The van der Waals surface area contributed by atoms with Crippen LogP contribution in [0.2, 0.25) is 5.02 Å². The molecule has 0 spiro atoms. The Morgan fingerprint density at radius 2 is 1.67 bits per heavy atom. The van der Waals surface area contributed by atoms with Crippen LogP contribution in [-0.4, -0.2) is 24.9 Å². The van der Waals surface area contributed by atoms with Gasteiger partial charge in [-0.3, -0.25) is 0 Å². The summed E-state index contributed by atoms with van der Waals surface area (Å²) >= 11 is 6.16. The van der Waals surface area contributed by atoms with Gasteiger partial charge in [0.2, 0.25) is 0 Å². The third-order valence-corrected chi connectivity index (χ3v) is 6.37. The Bertz CT molecular complexity index is 819. The van der Waals surface area contributed by atoms with E-state index in [9.17, 15) is 0 Å². The first-order valence-electron chi connectivity index (χ1n) is 9.73. The highest BCUT2D eigenvalue weighted by Crippen LogP contribution is 2.36. The van der Waals surface area contributed by atoms with Gasteiger partial charge in [0.05, 0.1) is 11.2 Å². The van der Waals surface area contributed by atoms with E-state index < -0.39 is 0 Å². The third kappa shape index (κ3) is 3.63. The molecule has 2 aromatic carbocycles. The molecule has 2 heterocycles. The van der Waals surface area contributed by atoms with Crippen molar-refractivity contribution in [1.82, 2.24) is 0 Å². The molecular weight excluding hydrogens is 357 g/mol. The molecule has 5 heteroatoms. The second-order valence-corrected chi connectivity index (χ2v) is 9.06. The van der Waals surface area contributed by atoms with Crippen molar-refractivity contribution in [3.05, 3.63) is 58.6 Å². The lowest BCUT2D eigenvalue weighted by molar-refractivity contribution is 0.00578. The minimum absolute atomic E-state index is 0.304. The van der Waals surface area contributed by atoms with Crippen LogP contribution in [0.4, 0.5) is 5.69 Å². The number of hydrogen-bond donors (Lipinski definition) is 0. The van der Waals surface area contributed by atoms with Crippen molar-refractivity contribution >= 4 is 29.9 Å². The number of benzene rings is 2. The molecule has 0 bridgehead atoms. The molecule has 0 aromatic heterocycles. The zero-order valence-electron chi connectivity index (χ0n) is 16.6. The number of nitrogens with zero attached hydrogens (tertiary/aromatic N) is 1.